The average molecular weight is 184 g/mol. The number of nitrogens with two attached hydrogens (primary N) is 1. The Morgan fingerprint density at radius 2 is 2.42 bits per heavy atom. The molecule has 2 nitrogen and oxygen atoms in total. The van der Waals surface area contributed by atoms with Gasteiger partial charge in [0.15, 0.2) is 0 Å². The molecule has 0 aliphatic carbocycles. The summed E-state index contributed by atoms with van der Waals surface area (Å²) < 4.78 is 0. The number of hydrogen-bond donors (Lipinski definition) is 1. The van der Waals surface area contributed by atoms with Gasteiger partial charge in [-0.1, -0.05) is 13.3 Å². The van der Waals surface area contributed by atoms with E-state index in [1.54, 1.807) is 11.3 Å². The minimum atomic E-state index is 0.372. The number of rotatable bonds is 5. The third-order valence-corrected chi connectivity index (χ3v) is 2.74. The van der Waals surface area contributed by atoms with Crippen LogP contribution in [0.25, 0.3) is 0 Å². The molecule has 0 saturated carbocycles. The smallest absolute Gasteiger partial charge is 0.0794 e. The maximum atomic E-state index is 5.89. The van der Waals surface area contributed by atoms with Crippen molar-refractivity contribution in [3.8, 4) is 0 Å². The molecule has 2 N–H and O–H groups in total. The molecule has 0 spiro atoms. The lowest BCUT2D eigenvalue weighted by molar-refractivity contribution is 0.563. The molecule has 0 fully saturated rings. The third kappa shape index (κ3) is 3.32. The zero-order chi connectivity index (χ0) is 8.81. The number of thiazole rings is 1. The van der Waals surface area contributed by atoms with E-state index in [1.165, 1.54) is 11.3 Å². The van der Waals surface area contributed by atoms with Crippen LogP contribution in [-0.2, 0) is 6.42 Å². The highest BCUT2D eigenvalue weighted by Crippen LogP contribution is 2.10. The number of hydrogen-bond acceptors (Lipinski definition) is 3. The molecule has 0 radical (unpaired) electrons. The minimum Gasteiger partial charge on any atom is -0.328 e. The van der Waals surface area contributed by atoms with Crippen molar-refractivity contribution in [1.29, 1.82) is 0 Å². The molecule has 1 rings (SSSR count). The molecule has 0 aromatic carbocycles. The van der Waals surface area contributed by atoms with E-state index in [4.69, 9.17) is 5.73 Å². The van der Waals surface area contributed by atoms with Crippen LogP contribution in [0.3, 0.4) is 0 Å². The Bertz CT molecular complexity index is 196. The lowest BCUT2D eigenvalue weighted by Crippen LogP contribution is -2.19. The zero-order valence-corrected chi connectivity index (χ0v) is 8.31. The molecule has 0 aliphatic rings. The molecule has 1 aromatic heterocycles. The van der Waals surface area contributed by atoms with Crippen molar-refractivity contribution < 1.29 is 0 Å². The van der Waals surface area contributed by atoms with Gasteiger partial charge in [-0.2, -0.15) is 0 Å². The van der Waals surface area contributed by atoms with Crippen LogP contribution in [0.15, 0.2) is 11.7 Å². The number of aryl methyl sites for hydroxylation is 1. The summed E-state index contributed by atoms with van der Waals surface area (Å²) in [4.78, 5) is 5.37. The first-order valence-corrected chi connectivity index (χ1v) is 5.34. The Hall–Kier alpha value is -0.410. The van der Waals surface area contributed by atoms with Gasteiger partial charge in [-0.15, -0.1) is 11.3 Å². The molecule has 0 aliphatic heterocycles. The van der Waals surface area contributed by atoms with Crippen LogP contribution in [0.1, 0.15) is 31.1 Å². The molecule has 1 unspecified atom stereocenters. The van der Waals surface area contributed by atoms with Gasteiger partial charge in [0.2, 0.25) is 0 Å². The predicted molar refractivity (Wildman–Crippen MR) is 53.3 cm³/mol. The van der Waals surface area contributed by atoms with E-state index in [0.29, 0.717) is 6.04 Å². The second-order valence-corrected chi connectivity index (χ2v) is 4.03. The third-order valence-electron chi connectivity index (χ3n) is 1.90. The maximum Gasteiger partial charge on any atom is 0.0794 e. The zero-order valence-electron chi connectivity index (χ0n) is 7.49. The monoisotopic (exact) mass is 184 g/mol. The summed E-state index contributed by atoms with van der Waals surface area (Å²) in [6.45, 7) is 2.17. The average Bonchev–Trinajstić information content (AvgIpc) is 2.53. The standard InChI is InChI=1S/C9H16N2S/c1-2-3-8(10)4-5-9-6-11-7-12-9/h6-8H,2-5,10H2,1H3. The van der Waals surface area contributed by atoms with Crippen LogP contribution in [0.4, 0.5) is 0 Å². The molecule has 0 bridgehead atoms. The van der Waals surface area contributed by atoms with Gasteiger partial charge in [0.05, 0.1) is 5.51 Å². The summed E-state index contributed by atoms with van der Waals surface area (Å²) in [5.41, 5.74) is 7.76. The Balaban J connectivity index is 2.17. The summed E-state index contributed by atoms with van der Waals surface area (Å²) >= 11 is 1.72. The van der Waals surface area contributed by atoms with E-state index in [9.17, 15) is 0 Å². The first kappa shape index (κ1) is 9.68. The highest BCUT2D eigenvalue weighted by molar-refractivity contribution is 7.09. The van der Waals surface area contributed by atoms with Gasteiger partial charge in [0.25, 0.3) is 0 Å². The number of nitrogens with zero attached hydrogens (tertiary/aromatic N) is 1. The molecule has 0 saturated heterocycles. The van der Waals surface area contributed by atoms with Gasteiger partial charge in [0, 0.05) is 17.1 Å². The largest absolute Gasteiger partial charge is 0.328 e. The Morgan fingerprint density at radius 3 is 3.00 bits per heavy atom. The maximum absolute atomic E-state index is 5.89. The van der Waals surface area contributed by atoms with Crippen molar-refractivity contribution in [2.75, 3.05) is 0 Å². The quantitative estimate of drug-likeness (QED) is 0.762. The van der Waals surface area contributed by atoms with Crippen molar-refractivity contribution >= 4 is 11.3 Å². The summed E-state index contributed by atoms with van der Waals surface area (Å²) in [5.74, 6) is 0. The van der Waals surface area contributed by atoms with Gasteiger partial charge >= 0.3 is 0 Å². The summed E-state index contributed by atoms with van der Waals surface area (Å²) in [6.07, 6.45) is 6.44. The van der Waals surface area contributed by atoms with Crippen LogP contribution in [0, 0.1) is 0 Å². The molecule has 1 aromatic rings. The summed E-state index contributed by atoms with van der Waals surface area (Å²) in [5, 5.41) is 0. The van der Waals surface area contributed by atoms with Crippen LogP contribution < -0.4 is 5.73 Å². The van der Waals surface area contributed by atoms with Gasteiger partial charge < -0.3 is 5.73 Å². The first-order chi connectivity index (χ1) is 5.83. The number of aromatic nitrogens is 1. The van der Waals surface area contributed by atoms with E-state index in [1.807, 2.05) is 11.7 Å². The van der Waals surface area contributed by atoms with Crippen LogP contribution in [0.5, 0.6) is 0 Å². The topological polar surface area (TPSA) is 38.9 Å². The molecule has 1 heterocycles. The molecular weight excluding hydrogens is 168 g/mol. The first-order valence-electron chi connectivity index (χ1n) is 4.46. The molecule has 1 atom stereocenters. The van der Waals surface area contributed by atoms with Crippen molar-refractivity contribution in [1.82, 2.24) is 4.98 Å². The fourth-order valence-electron chi connectivity index (χ4n) is 1.21. The van der Waals surface area contributed by atoms with E-state index < -0.39 is 0 Å². The van der Waals surface area contributed by atoms with Crippen molar-refractivity contribution in [3.63, 3.8) is 0 Å². The van der Waals surface area contributed by atoms with E-state index >= 15 is 0 Å². The summed E-state index contributed by atoms with van der Waals surface area (Å²) in [7, 11) is 0. The van der Waals surface area contributed by atoms with Gasteiger partial charge in [-0.25, -0.2) is 0 Å². The van der Waals surface area contributed by atoms with E-state index in [-0.39, 0.29) is 0 Å². The Kier molecular flexibility index (Phi) is 4.25. The molecule has 12 heavy (non-hydrogen) atoms. The van der Waals surface area contributed by atoms with E-state index in [0.717, 1.165) is 19.3 Å². The lowest BCUT2D eigenvalue weighted by atomic mass is 10.1. The molecule has 68 valence electrons. The summed E-state index contributed by atoms with van der Waals surface area (Å²) in [6, 6.07) is 0.372. The van der Waals surface area contributed by atoms with Crippen LogP contribution in [-0.4, -0.2) is 11.0 Å². The molecular formula is C9H16N2S. The normalized spacial score (nSPS) is 13.2. The fraction of sp³-hybridized carbons (Fsp3) is 0.667. The van der Waals surface area contributed by atoms with Crippen molar-refractivity contribution in [2.45, 2.75) is 38.6 Å². The second kappa shape index (κ2) is 5.27. The van der Waals surface area contributed by atoms with E-state index in [2.05, 4.69) is 11.9 Å². The van der Waals surface area contributed by atoms with Crippen LogP contribution in [0.2, 0.25) is 0 Å². The highest BCUT2D eigenvalue weighted by Gasteiger charge is 2.02. The van der Waals surface area contributed by atoms with Gasteiger partial charge in [0.1, 0.15) is 0 Å². The lowest BCUT2D eigenvalue weighted by Gasteiger charge is -2.07. The fourth-order valence-corrected chi connectivity index (χ4v) is 1.82. The van der Waals surface area contributed by atoms with Gasteiger partial charge in [-0.05, 0) is 19.3 Å². The Labute approximate surface area is 77.8 Å². The molecule has 3 heteroatoms. The predicted octanol–water partition coefficient (Wildman–Crippen LogP) is 2.20. The van der Waals surface area contributed by atoms with Gasteiger partial charge in [-0.3, -0.25) is 4.98 Å². The molecule has 0 amide bonds. The SMILES string of the molecule is CCCC(N)CCc1cncs1. The highest BCUT2D eigenvalue weighted by atomic mass is 32.1. The van der Waals surface area contributed by atoms with Crippen LogP contribution >= 0.6 is 11.3 Å². The Morgan fingerprint density at radius 1 is 1.58 bits per heavy atom. The van der Waals surface area contributed by atoms with Crippen molar-refractivity contribution in [2.24, 2.45) is 5.73 Å². The minimum absolute atomic E-state index is 0.372. The van der Waals surface area contributed by atoms with Crippen molar-refractivity contribution in [3.05, 3.63) is 16.6 Å². The second-order valence-electron chi connectivity index (χ2n) is 3.06.